The van der Waals surface area contributed by atoms with Crippen LogP contribution >= 0.6 is 0 Å². The minimum Gasteiger partial charge on any atom is -0.481 e. The second-order valence-corrected chi connectivity index (χ2v) is 9.95. The molecule has 2 unspecified atom stereocenters. The van der Waals surface area contributed by atoms with E-state index in [9.17, 15) is 24.3 Å². The Bertz CT molecular complexity index is 742. The molecule has 8 nitrogen and oxygen atoms in total. The fourth-order valence-electron chi connectivity index (χ4n) is 6.56. The van der Waals surface area contributed by atoms with E-state index < -0.39 is 52.6 Å². The number of ketones is 1. The van der Waals surface area contributed by atoms with Crippen LogP contribution < -0.4 is 0 Å². The van der Waals surface area contributed by atoms with Gasteiger partial charge in [0.05, 0.1) is 18.9 Å². The lowest BCUT2D eigenvalue weighted by atomic mass is 9.43. The number of methoxy groups -OCH3 is 1. The number of carboxylic acids is 1. The number of hydrogen-bond acceptors (Lipinski definition) is 7. The number of fused-ring (bicyclic) bond motifs is 1. The van der Waals surface area contributed by atoms with Gasteiger partial charge in [0.2, 0.25) is 0 Å². The first-order valence-electron chi connectivity index (χ1n) is 11.1. The van der Waals surface area contributed by atoms with Gasteiger partial charge in [-0.2, -0.15) is 0 Å². The molecule has 0 aromatic heterocycles. The smallest absolute Gasteiger partial charge is 0.309 e. The highest BCUT2D eigenvalue weighted by molar-refractivity contribution is 5.92. The van der Waals surface area contributed by atoms with Crippen molar-refractivity contribution in [2.45, 2.75) is 65.4 Å². The largest absolute Gasteiger partial charge is 0.481 e. The standard InChI is InChI=1S/C23H34O8/c1-13(24)31-17-11-16(21(28)29-4)23(3)9-6-15(20(26)27)22(2,19(23)18(17)25)8-5-14-7-10-30-12-14/h14-17,19H,5-12H2,1-4H3,(H,26,27)/t14?,15-,16-,17-,19?,22-,23-/m0/s1. The molecule has 1 heterocycles. The normalized spacial score (nSPS) is 40.1. The minimum absolute atomic E-state index is 0.0718. The molecular formula is C23H34O8. The lowest BCUT2D eigenvalue weighted by molar-refractivity contribution is -0.193. The maximum absolute atomic E-state index is 13.7. The molecule has 8 heteroatoms. The van der Waals surface area contributed by atoms with E-state index in [2.05, 4.69) is 0 Å². The van der Waals surface area contributed by atoms with Gasteiger partial charge in [-0.25, -0.2) is 0 Å². The second kappa shape index (κ2) is 8.88. The Morgan fingerprint density at radius 1 is 1.19 bits per heavy atom. The molecule has 0 aromatic rings. The fraction of sp³-hybridized carbons (Fsp3) is 0.826. The minimum atomic E-state index is -1.07. The van der Waals surface area contributed by atoms with Crippen molar-refractivity contribution >= 4 is 23.7 Å². The number of aliphatic carboxylic acids is 1. The Kier molecular flexibility index (Phi) is 6.79. The van der Waals surface area contributed by atoms with Crippen molar-refractivity contribution < 1.29 is 38.5 Å². The fourth-order valence-corrected chi connectivity index (χ4v) is 6.56. The molecule has 31 heavy (non-hydrogen) atoms. The summed E-state index contributed by atoms with van der Waals surface area (Å²) in [5, 5.41) is 10.0. The summed E-state index contributed by atoms with van der Waals surface area (Å²) in [4.78, 5) is 50.4. The predicted molar refractivity (Wildman–Crippen MR) is 109 cm³/mol. The highest BCUT2D eigenvalue weighted by Gasteiger charge is 2.65. The Morgan fingerprint density at radius 3 is 2.45 bits per heavy atom. The van der Waals surface area contributed by atoms with Crippen molar-refractivity contribution in [1.82, 2.24) is 0 Å². The quantitative estimate of drug-likeness (QED) is 0.629. The molecule has 2 aliphatic carbocycles. The molecule has 1 aliphatic heterocycles. The summed E-state index contributed by atoms with van der Waals surface area (Å²) in [6.45, 7) is 6.34. The van der Waals surface area contributed by atoms with Crippen LogP contribution in [0.5, 0.6) is 0 Å². The summed E-state index contributed by atoms with van der Waals surface area (Å²) in [6.07, 6.45) is 2.02. The van der Waals surface area contributed by atoms with E-state index >= 15 is 0 Å². The first kappa shape index (κ1) is 23.7. The molecule has 0 radical (unpaired) electrons. The number of carboxylic acid groups (broad SMARTS) is 1. The number of carbonyl (C=O) groups is 4. The maximum atomic E-state index is 13.7. The van der Waals surface area contributed by atoms with Crippen LogP contribution in [0.1, 0.15) is 59.3 Å². The summed E-state index contributed by atoms with van der Waals surface area (Å²) in [5.74, 6) is -3.99. The van der Waals surface area contributed by atoms with Gasteiger partial charge in [0.1, 0.15) is 0 Å². The van der Waals surface area contributed by atoms with E-state index in [-0.39, 0.29) is 12.2 Å². The first-order chi connectivity index (χ1) is 14.5. The molecule has 3 rings (SSSR count). The van der Waals surface area contributed by atoms with Gasteiger partial charge in [-0.1, -0.05) is 13.8 Å². The predicted octanol–water partition coefficient (Wildman–Crippen LogP) is 2.62. The van der Waals surface area contributed by atoms with Crippen LogP contribution in [-0.2, 0) is 33.4 Å². The van der Waals surface area contributed by atoms with Gasteiger partial charge in [0, 0.05) is 32.5 Å². The highest BCUT2D eigenvalue weighted by Crippen LogP contribution is 2.63. The monoisotopic (exact) mass is 438 g/mol. The third-order valence-corrected chi connectivity index (χ3v) is 8.14. The van der Waals surface area contributed by atoms with Crippen LogP contribution in [0.2, 0.25) is 0 Å². The number of carbonyl (C=O) groups excluding carboxylic acids is 3. The second-order valence-electron chi connectivity index (χ2n) is 9.95. The third kappa shape index (κ3) is 4.23. The Labute approximate surface area is 183 Å². The molecule has 3 aliphatic rings. The van der Waals surface area contributed by atoms with Gasteiger partial charge in [-0.15, -0.1) is 0 Å². The summed E-state index contributed by atoms with van der Waals surface area (Å²) < 4.78 is 15.9. The van der Waals surface area contributed by atoms with E-state index in [0.717, 1.165) is 12.8 Å². The van der Waals surface area contributed by atoms with Gasteiger partial charge in [-0.05, 0) is 48.9 Å². The Morgan fingerprint density at radius 2 is 1.90 bits per heavy atom. The van der Waals surface area contributed by atoms with Gasteiger partial charge in [0.15, 0.2) is 11.9 Å². The molecule has 7 atom stereocenters. The summed E-state index contributed by atoms with van der Waals surface area (Å²) in [7, 11) is 1.31. The van der Waals surface area contributed by atoms with E-state index in [0.29, 0.717) is 38.4 Å². The molecule has 0 aromatic carbocycles. The van der Waals surface area contributed by atoms with Crippen molar-refractivity contribution in [3.8, 4) is 0 Å². The Hall–Kier alpha value is -1.96. The van der Waals surface area contributed by atoms with Crippen molar-refractivity contribution in [3.05, 3.63) is 0 Å². The highest BCUT2D eigenvalue weighted by atomic mass is 16.5. The van der Waals surface area contributed by atoms with Crippen molar-refractivity contribution in [2.75, 3.05) is 20.3 Å². The summed E-state index contributed by atoms with van der Waals surface area (Å²) in [6, 6.07) is 0. The summed E-state index contributed by atoms with van der Waals surface area (Å²) in [5.41, 5.74) is -1.63. The average molecular weight is 439 g/mol. The number of ether oxygens (including phenoxy) is 3. The van der Waals surface area contributed by atoms with Crippen molar-refractivity contribution in [2.24, 2.45) is 34.5 Å². The lowest BCUT2D eigenvalue weighted by Crippen LogP contribution is -2.63. The van der Waals surface area contributed by atoms with Gasteiger partial charge in [-0.3, -0.25) is 19.2 Å². The van der Waals surface area contributed by atoms with Crippen LogP contribution in [0, 0.1) is 34.5 Å². The van der Waals surface area contributed by atoms with E-state index in [1.807, 2.05) is 13.8 Å². The lowest BCUT2D eigenvalue weighted by Gasteiger charge is -2.59. The van der Waals surface area contributed by atoms with Gasteiger partial charge >= 0.3 is 17.9 Å². The first-order valence-corrected chi connectivity index (χ1v) is 11.1. The molecular weight excluding hydrogens is 404 g/mol. The van der Waals surface area contributed by atoms with Crippen LogP contribution in [-0.4, -0.2) is 55.2 Å². The van der Waals surface area contributed by atoms with Crippen LogP contribution in [0.4, 0.5) is 0 Å². The maximum Gasteiger partial charge on any atom is 0.309 e. The molecule has 0 amide bonds. The SMILES string of the molecule is COC(=O)[C@@H]1C[C@H](OC(C)=O)C(=O)C2[C@@](C)(CCC3CCOC3)[C@H](C(=O)O)CC[C@]21C. The van der Waals surface area contributed by atoms with Crippen LogP contribution in [0.15, 0.2) is 0 Å². The topological polar surface area (TPSA) is 116 Å². The molecule has 0 bridgehead atoms. The molecule has 1 saturated heterocycles. The van der Waals surface area contributed by atoms with Crippen LogP contribution in [0.25, 0.3) is 0 Å². The average Bonchev–Trinajstić information content (AvgIpc) is 3.21. The number of esters is 2. The van der Waals surface area contributed by atoms with E-state index in [1.165, 1.54) is 14.0 Å². The van der Waals surface area contributed by atoms with Gasteiger partial charge < -0.3 is 19.3 Å². The molecule has 1 N–H and O–H groups in total. The number of hydrogen-bond donors (Lipinski definition) is 1. The van der Waals surface area contributed by atoms with Crippen molar-refractivity contribution in [1.29, 1.82) is 0 Å². The Balaban J connectivity index is 2.04. The zero-order chi connectivity index (χ0) is 23.0. The number of Topliss-reactive ketones (excluding diaryl/α,β-unsaturated/α-hetero) is 1. The third-order valence-electron chi connectivity index (χ3n) is 8.14. The zero-order valence-electron chi connectivity index (χ0n) is 18.8. The van der Waals surface area contributed by atoms with Crippen molar-refractivity contribution in [3.63, 3.8) is 0 Å². The number of rotatable bonds is 6. The molecule has 174 valence electrons. The molecule has 0 spiro atoms. The van der Waals surface area contributed by atoms with E-state index in [1.54, 1.807) is 0 Å². The zero-order valence-corrected chi connectivity index (χ0v) is 18.8. The summed E-state index contributed by atoms with van der Waals surface area (Å²) >= 11 is 0. The van der Waals surface area contributed by atoms with Gasteiger partial charge in [0.25, 0.3) is 0 Å². The van der Waals surface area contributed by atoms with Crippen LogP contribution in [0.3, 0.4) is 0 Å². The molecule has 3 fully saturated rings. The molecule has 2 saturated carbocycles. The van der Waals surface area contributed by atoms with E-state index in [4.69, 9.17) is 14.2 Å².